The second kappa shape index (κ2) is 11.8. The van der Waals surface area contributed by atoms with Crippen molar-refractivity contribution in [3.05, 3.63) is 94.1 Å². The highest BCUT2D eigenvalue weighted by Gasteiger charge is 2.48. The number of aryl methyl sites for hydroxylation is 1. The molecule has 1 fully saturated rings. The summed E-state index contributed by atoms with van der Waals surface area (Å²) < 4.78 is 11.6. The van der Waals surface area contributed by atoms with E-state index in [0.717, 1.165) is 28.7 Å². The van der Waals surface area contributed by atoms with Crippen molar-refractivity contribution in [2.45, 2.75) is 72.3 Å². The third-order valence-electron chi connectivity index (χ3n) is 7.58. The van der Waals surface area contributed by atoms with E-state index >= 15 is 0 Å². The molecule has 1 atom stereocenters. The molecule has 1 aliphatic heterocycles. The Morgan fingerprint density at radius 3 is 2.24 bits per heavy atom. The van der Waals surface area contributed by atoms with Gasteiger partial charge in [-0.3, -0.25) is 14.5 Å². The summed E-state index contributed by atoms with van der Waals surface area (Å²) in [4.78, 5) is 29.1. The minimum atomic E-state index is -0.848. The fourth-order valence-electron chi connectivity index (χ4n) is 5.28. The van der Waals surface area contributed by atoms with Crippen LogP contribution in [0.2, 0.25) is 0 Å². The molecular weight excluding hydrogens is 514 g/mol. The minimum absolute atomic E-state index is 0.0479. The van der Waals surface area contributed by atoms with Gasteiger partial charge in [-0.25, -0.2) is 0 Å². The van der Waals surface area contributed by atoms with Crippen LogP contribution in [-0.4, -0.2) is 30.5 Å². The number of carbonyl (C=O) groups excluding carboxylic acids is 2. The van der Waals surface area contributed by atoms with E-state index in [1.54, 1.807) is 19.2 Å². The third kappa shape index (κ3) is 5.74. The molecule has 0 aliphatic carbocycles. The zero-order chi connectivity index (χ0) is 30.1. The Kier molecular flexibility index (Phi) is 8.62. The van der Waals surface area contributed by atoms with Crippen molar-refractivity contribution in [2.24, 2.45) is 0 Å². The molecular formula is C35H41NO5. The lowest BCUT2D eigenvalue weighted by Gasteiger charge is -2.28. The predicted octanol–water partition coefficient (Wildman–Crippen LogP) is 7.84. The third-order valence-corrected chi connectivity index (χ3v) is 7.58. The van der Waals surface area contributed by atoms with Crippen molar-refractivity contribution in [3.63, 3.8) is 0 Å². The highest BCUT2D eigenvalue weighted by molar-refractivity contribution is 6.52. The van der Waals surface area contributed by atoms with E-state index in [2.05, 4.69) is 20.8 Å². The lowest BCUT2D eigenvalue weighted by molar-refractivity contribution is -0.132. The first-order chi connectivity index (χ1) is 19.4. The number of ketones is 1. The number of amides is 1. The van der Waals surface area contributed by atoms with Crippen LogP contribution in [0.3, 0.4) is 0 Å². The van der Waals surface area contributed by atoms with E-state index in [-0.39, 0.29) is 22.7 Å². The topological polar surface area (TPSA) is 76.1 Å². The molecule has 1 N–H and O–H groups in total. The van der Waals surface area contributed by atoms with Crippen molar-refractivity contribution >= 4 is 23.1 Å². The lowest BCUT2D eigenvalue weighted by atomic mass is 9.85. The fraction of sp³-hybridized carbons (Fsp3) is 0.371. The van der Waals surface area contributed by atoms with E-state index in [0.29, 0.717) is 29.4 Å². The Balaban J connectivity index is 1.99. The van der Waals surface area contributed by atoms with Crippen molar-refractivity contribution in [1.29, 1.82) is 0 Å². The number of rotatable bonds is 8. The monoisotopic (exact) mass is 555 g/mol. The number of carbonyl (C=O) groups is 2. The van der Waals surface area contributed by atoms with Crippen molar-refractivity contribution in [3.8, 4) is 11.5 Å². The van der Waals surface area contributed by atoms with Crippen LogP contribution in [0.15, 0.2) is 66.2 Å². The van der Waals surface area contributed by atoms with Crippen molar-refractivity contribution in [1.82, 2.24) is 0 Å². The number of methoxy groups -OCH3 is 1. The molecule has 41 heavy (non-hydrogen) atoms. The Morgan fingerprint density at radius 1 is 1.00 bits per heavy atom. The van der Waals surface area contributed by atoms with Gasteiger partial charge in [-0.1, -0.05) is 77.9 Å². The van der Waals surface area contributed by atoms with Gasteiger partial charge in [-0.15, -0.1) is 0 Å². The first-order valence-corrected chi connectivity index (χ1v) is 14.2. The van der Waals surface area contributed by atoms with Gasteiger partial charge in [-0.05, 0) is 71.2 Å². The average molecular weight is 556 g/mol. The van der Waals surface area contributed by atoms with Crippen LogP contribution in [-0.2, 0) is 15.0 Å². The maximum absolute atomic E-state index is 13.8. The standard InChI is InChI=1S/C35H41NO5/c1-9-18-41-28-13-11-10-12-27(28)36-31(23-14-16-24(17-15-23)35(5,6)7)30(33(38)34(36)39)32(37)26-20-25(21(2)3)29(40-8)19-22(26)4/h10-17,19-21,31,37H,9,18H2,1-8H3/b32-30+. The SMILES string of the molecule is CCCOc1ccccc1N1C(=O)C(=O)/C(=C(/O)c2cc(C(C)C)c(OC)cc2C)C1c1ccc(C(C)(C)C)cc1. The molecule has 1 heterocycles. The van der Waals surface area contributed by atoms with Crippen LogP contribution in [0.25, 0.3) is 5.76 Å². The number of benzene rings is 3. The highest BCUT2D eigenvalue weighted by Crippen LogP contribution is 2.46. The van der Waals surface area contributed by atoms with Crippen molar-refractivity contribution < 1.29 is 24.2 Å². The Labute approximate surface area is 243 Å². The molecule has 216 valence electrons. The molecule has 0 bridgehead atoms. The lowest BCUT2D eigenvalue weighted by Crippen LogP contribution is -2.30. The summed E-state index contributed by atoms with van der Waals surface area (Å²) in [5, 5.41) is 11.9. The second-order valence-electron chi connectivity index (χ2n) is 11.9. The van der Waals surface area contributed by atoms with Crippen LogP contribution in [0.1, 0.15) is 87.7 Å². The second-order valence-corrected chi connectivity index (χ2v) is 11.9. The molecule has 6 nitrogen and oxygen atoms in total. The summed E-state index contributed by atoms with van der Waals surface area (Å²) in [7, 11) is 1.62. The molecule has 3 aromatic rings. The molecule has 0 radical (unpaired) electrons. The van der Waals surface area contributed by atoms with E-state index in [4.69, 9.17) is 9.47 Å². The number of hydrogen-bond donors (Lipinski definition) is 1. The van der Waals surface area contributed by atoms with Gasteiger partial charge in [0.25, 0.3) is 11.7 Å². The summed E-state index contributed by atoms with van der Waals surface area (Å²) in [6.07, 6.45) is 0.791. The van der Waals surface area contributed by atoms with Gasteiger partial charge in [-0.2, -0.15) is 0 Å². The number of aliphatic hydroxyl groups is 1. The summed E-state index contributed by atoms with van der Waals surface area (Å²) in [6, 6.07) is 18.0. The van der Waals surface area contributed by atoms with Gasteiger partial charge in [0, 0.05) is 5.56 Å². The van der Waals surface area contributed by atoms with Gasteiger partial charge in [0.15, 0.2) is 0 Å². The predicted molar refractivity (Wildman–Crippen MR) is 164 cm³/mol. The number of para-hydroxylation sites is 2. The molecule has 4 rings (SSSR count). The Morgan fingerprint density at radius 2 is 1.66 bits per heavy atom. The minimum Gasteiger partial charge on any atom is -0.507 e. The summed E-state index contributed by atoms with van der Waals surface area (Å²) >= 11 is 0. The average Bonchev–Trinajstić information content (AvgIpc) is 3.20. The molecule has 1 saturated heterocycles. The van der Waals surface area contributed by atoms with E-state index in [9.17, 15) is 14.7 Å². The number of hydrogen-bond acceptors (Lipinski definition) is 5. The molecule has 3 aromatic carbocycles. The molecule has 0 spiro atoms. The van der Waals surface area contributed by atoms with E-state index in [1.807, 2.05) is 76.2 Å². The number of nitrogens with zero attached hydrogens (tertiary/aromatic N) is 1. The highest BCUT2D eigenvalue weighted by atomic mass is 16.5. The zero-order valence-electron chi connectivity index (χ0n) is 25.4. The fourth-order valence-corrected chi connectivity index (χ4v) is 5.28. The van der Waals surface area contributed by atoms with Gasteiger partial charge >= 0.3 is 0 Å². The van der Waals surface area contributed by atoms with Crippen LogP contribution in [0.4, 0.5) is 5.69 Å². The normalized spacial score (nSPS) is 16.9. The van der Waals surface area contributed by atoms with Crippen molar-refractivity contribution in [2.75, 3.05) is 18.6 Å². The van der Waals surface area contributed by atoms with Crippen LogP contribution in [0, 0.1) is 6.92 Å². The summed E-state index contributed by atoms with van der Waals surface area (Å²) in [6.45, 7) is 14.8. The van der Waals surface area contributed by atoms with E-state index in [1.165, 1.54) is 4.90 Å². The molecule has 1 aliphatic rings. The maximum atomic E-state index is 13.8. The summed E-state index contributed by atoms with van der Waals surface area (Å²) in [5.41, 5.74) is 4.44. The first-order valence-electron chi connectivity index (χ1n) is 14.2. The quantitative estimate of drug-likeness (QED) is 0.174. The van der Waals surface area contributed by atoms with Crippen LogP contribution < -0.4 is 14.4 Å². The molecule has 1 amide bonds. The first kappa shape index (κ1) is 29.9. The van der Waals surface area contributed by atoms with Crippen LogP contribution >= 0.6 is 0 Å². The number of anilines is 1. The van der Waals surface area contributed by atoms with Crippen LogP contribution in [0.5, 0.6) is 11.5 Å². The number of aliphatic hydroxyl groups excluding tert-OH is 1. The smallest absolute Gasteiger partial charge is 0.300 e. The largest absolute Gasteiger partial charge is 0.507 e. The molecule has 6 heteroatoms. The zero-order valence-corrected chi connectivity index (χ0v) is 25.4. The Bertz CT molecular complexity index is 1480. The molecule has 0 aromatic heterocycles. The van der Waals surface area contributed by atoms with Gasteiger partial charge in [0.2, 0.25) is 0 Å². The maximum Gasteiger partial charge on any atom is 0.300 e. The summed E-state index contributed by atoms with van der Waals surface area (Å²) in [5.74, 6) is -0.313. The number of ether oxygens (including phenoxy) is 2. The van der Waals surface area contributed by atoms with Gasteiger partial charge in [0.05, 0.1) is 31.0 Å². The number of Topliss-reactive ketones (excluding diaryl/α,β-unsaturated/α-hetero) is 1. The molecule has 1 unspecified atom stereocenters. The molecule has 0 saturated carbocycles. The van der Waals surface area contributed by atoms with Gasteiger partial charge in [0.1, 0.15) is 17.3 Å². The van der Waals surface area contributed by atoms with E-state index < -0.39 is 17.7 Å². The van der Waals surface area contributed by atoms with Gasteiger partial charge < -0.3 is 14.6 Å². The Hall–Kier alpha value is -4.06.